The van der Waals surface area contributed by atoms with E-state index in [0.717, 1.165) is 11.8 Å². The Kier molecular flexibility index (Phi) is 10.5. The molecule has 0 heterocycles. The van der Waals surface area contributed by atoms with Gasteiger partial charge in [-0.15, -0.1) is 6.42 Å². The van der Waals surface area contributed by atoms with E-state index in [1.165, 1.54) is 0 Å². The van der Waals surface area contributed by atoms with Gasteiger partial charge in [-0.05, 0) is 24.0 Å². The van der Waals surface area contributed by atoms with Gasteiger partial charge in [0.05, 0.1) is 12.2 Å². The highest BCUT2D eigenvalue weighted by Gasteiger charge is 2.24. The second-order valence-corrected chi connectivity index (χ2v) is 4.52. The van der Waals surface area contributed by atoms with Crippen LogP contribution in [0, 0.1) is 18.3 Å². The number of carbonyl (C=O) groups is 1. The van der Waals surface area contributed by atoms with Crippen LogP contribution in [0.15, 0.2) is 67.5 Å². The largest absolute Gasteiger partial charge is 0.516 e. The van der Waals surface area contributed by atoms with Crippen molar-refractivity contribution in [1.82, 2.24) is 0 Å². The lowest BCUT2D eigenvalue weighted by molar-refractivity contribution is -0.142. The molecule has 2 atom stereocenters. The molecule has 0 aromatic heterocycles. The Morgan fingerprint density at radius 3 is 2.45 bits per heavy atom. The second kappa shape index (κ2) is 12.0. The van der Waals surface area contributed by atoms with E-state index >= 15 is 0 Å². The summed E-state index contributed by atoms with van der Waals surface area (Å²) in [6, 6.07) is 9.70. The zero-order valence-corrected chi connectivity index (χ0v) is 12.7. The zero-order chi connectivity index (χ0) is 16.8. The molecule has 0 bridgehead atoms. The van der Waals surface area contributed by atoms with Crippen LogP contribution < -0.4 is 0 Å². The van der Waals surface area contributed by atoms with E-state index in [1.54, 1.807) is 18.2 Å². The average molecular weight is 298 g/mol. The van der Waals surface area contributed by atoms with E-state index in [0.29, 0.717) is 6.42 Å². The maximum Gasteiger partial charge on any atom is 0.307 e. The summed E-state index contributed by atoms with van der Waals surface area (Å²) >= 11 is 0. The van der Waals surface area contributed by atoms with Crippen LogP contribution >= 0.6 is 0 Å². The quantitative estimate of drug-likeness (QED) is 0.467. The molecule has 0 aliphatic carbocycles. The first-order valence-electron chi connectivity index (χ1n) is 6.89. The molecule has 22 heavy (non-hydrogen) atoms. The molecule has 116 valence electrons. The van der Waals surface area contributed by atoms with E-state index in [-0.39, 0.29) is 5.92 Å². The standard InChI is InChI=1S/C17H18O2.C2H4O/c1-3-4-5-6-10-13-16(17(18)19)14(2)15-11-8-7-9-12-15;1-2-3/h1,4-12,14,16H,13H2,2H3,(H,18,19);2-3H,1H2/b5-4-,10-6-;. The van der Waals surface area contributed by atoms with Crippen molar-refractivity contribution >= 4 is 5.97 Å². The molecule has 0 amide bonds. The monoisotopic (exact) mass is 298 g/mol. The van der Waals surface area contributed by atoms with Crippen molar-refractivity contribution in [3.05, 3.63) is 73.0 Å². The summed E-state index contributed by atoms with van der Waals surface area (Å²) in [6.07, 6.45) is 13.2. The number of carboxylic acids is 1. The first kappa shape index (κ1) is 19.3. The molecule has 1 aromatic rings. The summed E-state index contributed by atoms with van der Waals surface area (Å²) in [4.78, 5) is 11.3. The summed E-state index contributed by atoms with van der Waals surface area (Å²) in [5, 5.41) is 16.7. The normalized spacial score (nSPS) is 12.9. The van der Waals surface area contributed by atoms with Gasteiger partial charge in [-0.1, -0.05) is 68.0 Å². The summed E-state index contributed by atoms with van der Waals surface area (Å²) in [7, 11) is 0. The van der Waals surface area contributed by atoms with Crippen LogP contribution in [-0.4, -0.2) is 16.2 Å². The minimum absolute atomic E-state index is 0.0278. The van der Waals surface area contributed by atoms with Crippen molar-refractivity contribution in [3.8, 4) is 12.3 Å². The van der Waals surface area contributed by atoms with E-state index < -0.39 is 11.9 Å². The van der Waals surface area contributed by atoms with Crippen molar-refractivity contribution in [2.45, 2.75) is 19.3 Å². The van der Waals surface area contributed by atoms with Crippen LogP contribution in [0.3, 0.4) is 0 Å². The lowest BCUT2D eigenvalue weighted by atomic mass is 9.85. The van der Waals surface area contributed by atoms with Crippen molar-refractivity contribution in [2.75, 3.05) is 0 Å². The van der Waals surface area contributed by atoms with Crippen LogP contribution in [-0.2, 0) is 4.79 Å². The van der Waals surface area contributed by atoms with Gasteiger partial charge in [0, 0.05) is 0 Å². The smallest absolute Gasteiger partial charge is 0.307 e. The fraction of sp³-hybridized carbons (Fsp3) is 0.211. The third kappa shape index (κ3) is 7.76. The second-order valence-electron chi connectivity index (χ2n) is 4.52. The number of aliphatic hydroxyl groups excluding tert-OH is 1. The van der Waals surface area contributed by atoms with Crippen LogP contribution in [0.5, 0.6) is 0 Å². The molecule has 0 fully saturated rings. The molecule has 0 saturated carbocycles. The zero-order valence-electron chi connectivity index (χ0n) is 12.7. The number of hydrogen-bond donors (Lipinski definition) is 2. The first-order chi connectivity index (χ1) is 10.6. The van der Waals surface area contributed by atoms with Gasteiger partial charge in [-0.25, -0.2) is 0 Å². The minimum Gasteiger partial charge on any atom is -0.516 e. The Labute approximate surface area is 132 Å². The molecular weight excluding hydrogens is 276 g/mol. The number of hydrogen-bond acceptors (Lipinski definition) is 2. The molecular formula is C19H22O3. The van der Waals surface area contributed by atoms with E-state index in [9.17, 15) is 9.90 Å². The molecule has 2 N–H and O–H groups in total. The highest BCUT2D eigenvalue weighted by Crippen LogP contribution is 2.27. The van der Waals surface area contributed by atoms with Crippen molar-refractivity contribution < 1.29 is 15.0 Å². The topological polar surface area (TPSA) is 57.5 Å². The molecule has 1 rings (SSSR count). The number of rotatable bonds is 6. The van der Waals surface area contributed by atoms with E-state index in [2.05, 4.69) is 12.5 Å². The molecule has 3 heteroatoms. The lowest BCUT2D eigenvalue weighted by Crippen LogP contribution is -2.19. The highest BCUT2D eigenvalue weighted by molar-refractivity contribution is 5.71. The van der Waals surface area contributed by atoms with Gasteiger partial charge < -0.3 is 10.2 Å². The van der Waals surface area contributed by atoms with Gasteiger partial charge in [0.2, 0.25) is 0 Å². The average Bonchev–Trinajstić information content (AvgIpc) is 2.51. The fourth-order valence-electron chi connectivity index (χ4n) is 1.92. The molecule has 0 spiro atoms. The predicted molar refractivity (Wildman–Crippen MR) is 90.5 cm³/mol. The first-order valence-corrected chi connectivity index (χ1v) is 6.89. The van der Waals surface area contributed by atoms with E-state index in [1.807, 2.05) is 43.3 Å². The maximum absolute atomic E-state index is 11.3. The summed E-state index contributed by atoms with van der Waals surface area (Å²) in [5.74, 6) is 1.14. The Hall–Kier alpha value is -2.73. The van der Waals surface area contributed by atoms with Gasteiger partial charge in [-0.3, -0.25) is 4.79 Å². The van der Waals surface area contributed by atoms with Crippen molar-refractivity contribution in [2.24, 2.45) is 5.92 Å². The molecule has 3 nitrogen and oxygen atoms in total. The van der Waals surface area contributed by atoms with Crippen LogP contribution in [0.25, 0.3) is 0 Å². The predicted octanol–water partition coefficient (Wildman–Crippen LogP) is 4.31. The number of carboxylic acid groups (broad SMARTS) is 1. The van der Waals surface area contributed by atoms with Gasteiger partial charge >= 0.3 is 5.97 Å². The minimum atomic E-state index is -0.776. The third-order valence-corrected chi connectivity index (χ3v) is 3.08. The Bertz CT molecular complexity index is 536. The summed E-state index contributed by atoms with van der Waals surface area (Å²) in [5.41, 5.74) is 1.04. The Morgan fingerprint density at radius 1 is 1.36 bits per heavy atom. The Morgan fingerprint density at radius 2 is 1.95 bits per heavy atom. The van der Waals surface area contributed by atoms with Crippen LogP contribution in [0.2, 0.25) is 0 Å². The molecule has 2 unspecified atom stereocenters. The van der Waals surface area contributed by atoms with Crippen LogP contribution in [0.4, 0.5) is 0 Å². The molecule has 0 radical (unpaired) electrons. The molecule has 0 saturated heterocycles. The van der Waals surface area contributed by atoms with E-state index in [4.69, 9.17) is 11.5 Å². The van der Waals surface area contributed by atoms with Gasteiger partial charge in [0.25, 0.3) is 0 Å². The van der Waals surface area contributed by atoms with Gasteiger partial charge in [0.15, 0.2) is 0 Å². The third-order valence-electron chi connectivity index (χ3n) is 3.08. The maximum atomic E-state index is 11.3. The Balaban J connectivity index is 0.00000135. The summed E-state index contributed by atoms with van der Waals surface area (Å²) in [6.45, 7) is 4.86. The van der Waals surface area contributed by atoms with Gasteiger partial charge in [-0.2, -0.15) is 0 Å². The number of aliphatic carboxylic acids is 1. The number of allylic oxidation sites excluding steroid dienone is 4. The summed E-state index contributed by atoms with van der Waals surface area (Å²) < 4.78 is 0. The molecule has 1 aromatic carbocycles. The lowest BCUT2D eigenvalue weighted by Gasteiger charge is -2.19. The SMILES string of the molecule is C#C/C=C\C=C/CC(C(=O)O)C(C)c1ccccc1.C=CO. The fourth-order valence-corrected chi connectivity index (χ4v) is 1.92. The van der Waals surface area contributed by atoms with Crippen LogP contribution in [0.1, 0.15) is 24.8 Å². The number of benzene rings is 1. The van der Waals surface area contributed by atoms with Gasteiger partial charge in [0.1, 0.15) is 0 Å². The van der Waals surface area contributed by atoms with Crippen molar-refractivity contribution in [1.29, 1.82) is 0 Å². The highest BCUT2D eigenvalue weighted by atomic mass is 16.4. The number of terminal acetylenes is 1. The number of aliphatic hydroxyl groups is 1. The molecule has 0 aliphatic rings. The molecule has 0 aliphatic heterocycles. The van der Waals surface area contributed by atoms with Crippen molar-refractivity contribution in [3.63, 3.8) is 0 Å².